The van der Waals surface area contributed by atoms with Gasteiger partial charge in [0.1, 0.15) is 0 Å². The van der Waals surface area contributed by atoms with Crippen molar-refractivity contribution in [1.82, 2.24) is 5.32 Å². The van der Waals surface area contributed by atoms with Crippen LogP contribution in [0.15, 0.2) is 48.6 Å². The third kappa shape index (κ3) is 4.92. The van der Waals surface area contributed by atoms with Crippen LogP contribution in [0.4, 0.5) is 0 Å². The molecule has 1 aliphatic heterocycles. The highest BCUT2D eigenvalue weighted by Crippen LogP contribution is 2.47. The number of aliphatic hydroxyl groups excluding tert-OH is 1. The van der Waals surface area contributed by atoms with Crippen molar-refractivity contribution in [2.45, 2.75) is 25.5 Å². The minimum Gasteiger partial charge on any atom is -0.504 e. The van der Waals surface area contributed by atoms with Crippen molar-refractivity contribution in [2.24, 2.45) is 0 Å². The van der Waals surface area contributed by atoms with Crippen molar-refractivity contribution in [2.75, 3.05) is 6.54 Å². The van der Waals surface area contributed by atoms with E-state index in [4.69, 9.17) is 9.47 Å². The molecule has 2 unspecified atom stereocenters. The highest BCUT2D eigenvalue weighted by Gasteiger charge is 2.28. The summed E-state index contributed by atoms with van der Waals surface area (Å²) < 4.78 is 9.89. The molecule has 0 aromatic heterocycles. The first kappa shape index (κ1) is 20.4. The van der Waals surface area contributed by atoms with Crippen molar-refractivity contribution >= 4 is 11.9 Å². The normalized spacial score (nSPS) is 16.6. The molecule has 0 spiro atoms. The molecule has 2 atom stereocenters. The molecule has 0 saturated heterocycles. The van der Waals surface area contributed by atoms with Gasteiger partial charge in [0.25, 0.3) is 0 Å². The Morgan fingerprint density at radius 3 is 2.28 bits per heavy atom. The van der Waals surface area contributed by atoms with Crippen LogP contribution >= 0.6 is 0 Å². The first-order valence-corrected chi connectivity index (χ1v) is 9.01. The van der Waals surface area contributed by atoms with Crippen LogP contribution in [-0.4, -0.2) is 39.8 Å². The number of aliphatic hydroxyl groups is 1. The summed E-state index contributed by atoms with van der Waals surface area (Å²) in [7, 11) is 0. The molecule has 152 valence electrons. The number of hydrogen-bond donors (Lipinski definition) is 4. The predicted molar refractivity (Wildman–Crippen MR) is 103 cm³/mol. The zero-order valence-electron chi connectivity index (χ0n) is 15.7. The van der Waals surface area contributed by atoms with Crippen molar-refractivity contribution < 1.29 is 34.4 Å². The van der Waals surface area contributed by atoms with Gasteiger partial charge < -0.3 is 30.1 Å². The van der Waals surface area contributed by atoms with Gasteiger partial charge in [0.15, 0.2) is 11.5 Å². The molecule has 2 aromatic rings. The van der Waals surface area contributed by atoms with E-state index < -0.39 is 35.3 Å². The second kappa shape index (κ2) is 8.76. The lowest BCUT2D eigenvalue weighted by Gasteiger charge is -2.20. The molecule has 0 aliphatic carbocycles. The van der Waals surface area contributed by atoms with Gasteiger partial charge in [-0.2, -0.15) is 0 Å². The van der Waals surface area contributed by atoms with E-state index in [1.54, 1.807) is 0 Å². The van der Waals surface area contributed by atoms with Crippen LogP contribution in [0, 0.1) is 0 Å². The molecule has 1 aliphatic rings. The third-order valence-electron chi connectivity index (χ3n) is 4.38. The molecule has 0 radical (unpaired) electrons. The van der Waals surface area contributed by atoms with Crippen LogP contribution in [0.1, 0.15) is 24.2 Å². The van der Waals surface area contributed by atoms with E-state index in [1.165, 1.54) is 0 Å². The smallest absolute Gasteiger partial charge is 0.336 e. The molecule has 8 nitrogen and oxygen atoms in total. The van der Waals surface area contributed by atoms with E-state index >= 15 is 0 Å². The first-order chi connectivity index (χ1) is 13.8. The topological polar surface area (TPSA) is 125 Å². The maximum absolute atomic E-state index is 11.8. The molecule has 1 heterocycles. The van der Waals surface area contributed by atoms with Gasteiger partial charge in [-0.25, -0.2) is 9.59 Å². The maximum atomic E-state index is 11.8. The van der Waals surface area contributed by atoms with Crippen molar-refractivity contribution in [3.05, 3.63) is 59.7 Å². The average Bonchev–Trinajstić information content (AvgIpc) is 2.73. The van der Waals surface area contributed by atoms with Crippen molar-refractivity contribution in [1.29, 1.82) is 0 Å². The SMILES string of the molecule is CC(Cc1ccccc1)NCC(O)c1cc(O)c2c(O)c1OC(=O)/C=C/C(=O)O2. The number of phenolic OH excluding ortho intramolecular Hbond substituents is 2. The number of carbonyl (C=O) groups is 2. The van der Waals surface area contributed by atoms with Crippen LogP contribution < -0.4 is 14.8 Å². The highest BCUT2D eigenvalue weighted by molar-refractivity contribution is 5.95. The largest absolute Gasteiger partial charge is 0.504 e. The summed E-state index contributed by atoms with van der Waals surface area (Å²) in [6.07, 6.45) is 1.14. The Hall–Kier alpha value is -3.36. The molecule has 8 heteroatoms. The highest BCUT2D eigenvalue weighted by atomic mass is 16.6. The summed E-state index contributed by atoms with van der Waals surface area (Å²) in [5, 5.41) is 34.2. The fourth-order valence-corrected chi connectivity index (χ4v) is 2.96. The van der Waals surface area contributed by atoms with Crippen molar-refractivity contribution in [3.63, 3.8) is 0 Å². The molecule has 2 bridgehead atoms. The molecule has 0 saturated carbocycles. The average molecular weight is 399 g/mol. The number of aromatic hydroxyl groups is 2. The van der Waals surface area contributed by atoms with Crippen LogP contribution in [-0.2, 0) is 16.0 Å². The van der Waals surface area contributed by atoms with Gasteiger partial charge in [-0.15, -0.1) is 0 Å². The third-order valence-corrected chi connectivity index (χ3v) is 4.38. The van der Waals surface area contributed by atoms with Crippen LogP contribution in [0.2, 0.25) is 0 Å². The standard InChI is InChI=1S/C21H21NO7/c1-12(9-13-5-3-2-4-6-13)22-11-16(24)14-10-15(23)21-19(27)20(14)28-17(25)7-8-18(26)29-21/h2-8,10,12,16,22-24,27H,9,11H2,1H3/b8-7+. The quantitative estimate of drug-likeness (QED) is 0.428. The van der Waals surface area contributed by atoms with Gasteiger partial charge in [0.2, 0.25) is 11.5 Å². The molecular formula is C21H21NO7. The van der Waals surface area contributed by atoms with Crippen molar-refractivity contribution in [3.8, 4) is 23.0 Å². The summed E-state index contributed by atoms with van der Waals surface area (Å²) >= 11 is 0. The second-order valence-electron chi connectivity index (χ2n) is 6.68. The van der Waals surface area contributed by atoms with E-state index in [0.717, 1.165) is 30.2 Å². The number of nitrogens with one attached hydrogen (secondary N) is 1. The zero-order chi connectivity index (χ0) is 21.0. The monoisotopic (exact) mass is 399 g/mol. The number of rotatable bonds is 6. The lowest BCUT2D eigenvalue weighted by Crippen LogP contribution is -2.32. The molecular weight excluding hydrogens is 378 g/mol. The maximum Gasteiger partial charge on any atom is 0.336 e. The lowest BCUT2D eigenvalue weighted by atomic mass is 10.0. The Balaban J connectivity index is 1.79. The minimum absolute atomic E-state index is 0.0190. The molecule has 0 fully saturated rings. The number of carbonyl (C=O) groups excluding carboxylic acids is 2. The molecule has 0 amide bonds. The van der Waals surface area contributed by atoms with E-state index in [0.29, 0.717) is 0 Å². The molecule has 29 heavy (non-hydrogen) atoms. The number of ether oxygens (including phenoxy) is 2. The van der Waals surface area contributed by atoms with E-state index in [-0.39, 0.29) is 23.9 Å². The number of phenols is 2. The van der Waals surface area contributed by atoms with E-state index in [2.05, 4.69) is 5.32 Å². The molecule has 4 N–H and O–H groups in total. The van der Waals surface area contributed by atoms with E-state index in [1.807, 2.05) is 37.3 Å². The molecule has 2 aromatic carbocycles. The van der Waals surface area contributed by atoms with Crippen LogP contribution in [0.5, 0.6) is 23.0 Å². The summed E-state index contributed by atoms with van der Waals surface area (Å²) in [4.78, 5) is 23.4. The van der Waals surface area contributed by atoms with Crippen LogP contribution in [0.25, 0.3) is 0 Å². The number of hydrogen-bond acceptors (Lipinski definition) is 8. The fraction of sp³-hybridized carbons (Fsp3) is 0.238. The number of benzene rings is 2. The summed E-state index contributed by atoms with van der Waals surface area (Å²) in [5.74, 6) is -4.16. The van der Waals surface area contributed by atoms with Gasteiger partial charge in [0, 0.05) is 30.3 Å². The van der Waals surface area contributed by atoms with Crippen LogP contribution in [0.3, 0.4) is 0 Å². The lowest BCUT2D eigenvalue weighted by molar-refractivity contribution is -0.131. The van der Waals surface area contributed by atoms with Gasteiger partial charge in [-0.05, 0) is 25.0 Å². The van der Waals surface area contributed by atoms with Gasteiger partial charge in [0.05, 0.1) is 6.10 Å². The second-order valence-corrected chi connectivity index (χ2v) is 6.68. The Labute approximate surface area is 167 Å². The summed E-state index contributed by atoms with van der Waals surface area (Å²) in [6, 6.07) is 10.9. The van der Waals surface area contributed by atoms with Gasteiger partial charge in [-0.1, -0.05) is 30.3 Å². The first-order valence-electron chi connectivity index (χ1n) is 9.01. The summed E-state index contributed by atoms with van der Waals surface area (Å²) in [6.45, 7) is 2.01. The number of fused-ring (bicyclic) bond motifs is 2. The Kier molecular flexibility index (Phi) is 6.16. The van der Waals surface area contributed by atoms with Gasteiger partial charge >= 0.3 is 11.9 Å². The Morgan fingerprint density at radius 1 is 1.00 bits per heavy atom. The van der Waals surface area contributed by atoms with Gasteiger partial charge in [-0.3, -0.25) is 0 Å². The van der Waals surface area contributed by atoms with E-state index in [9.17, 15) is 24.9 Å². The number of esters is 2. The zero-order valence-corrected chi connectivity index (χ0v) is 15.7. The fourth-order valence-electron chi connectivity index (χ4n) is 2.96. The molecule has 3 rings (SSSR count). The summed E-state index contributed by atoms with van der Waals surface area (Å²) in [5.41, 5.74) is 1.10. The Morgan fingerprint density at radius 2 is 1.62 bits per heavy atom. The minimum atomic E-state index is -1.22. The predicted octanol–water partition coefficient (Wildman–Crippen LogP) is 1.73. The Bertz CT molecular complexity index is 940.